The Morgan fingerprint density at radius 1 is 1.18 bits per heavy atom. The van der Waals surface area contributed by atoms with Crippen LogP contribution in [0.15, 0.2) is 12.3 Å². The van der Waals surface area contributed by atoms with E-state index in [1.165, 1.54) is 25.5 Å². The number of aliphatic carboxylic acids is 1. The molecule has 17 heavy (non-hydrogen) atoms. The first kappa shape index (κ1) is 19.0. The molecule has 0 spiro atoms. The average molecular weight is 252 g/mol. The molecule has 0 amide bonds. The first-order chi connectivity index (χ1) is 7.66. The number of carboxylic acids is 1. The topological polar surface area (TPSA) is 63.6 Å². The second-order valence-electron chi connectivity index (χ2n) is 3.60. The van der Waals surface area contributed by atoms with E-state index in [1.807, 2.05) is 0 Å². The molecule has 0 aliphatic rings. The summed E-state index contributed by atoms with van der Waals surface area (Å²) in [6.07, 6.45) is 8.51. The Morgan fingerprint density at radius 2 is 1.88 bits per heavy atom. The predicted molar refractivity (Wildman–Crippen MR) is 68.0 cm³/mol. The monoisotopic (exact) mass is 252 g/mol. The van der Waals surface area contributed by atoms with E-state index < -0.39 is 11.9 Å². The molecule has 0 heterocycles. The molecule has 4 nitrogen and oxygen atoms in total. The van der Waals surface area contributed by atoms with Gasteiger partial charge in [-0.3, -0.25) is 9.59 Å². The van der Waals surface area contributed by atoms with Gasteiger partial charge < -0.3 is 9.84 Å². The average Bonchev–Trinajstić information content (AvgIpc) is 2.25. The van der Waals surface area contributed by atoms with Crippen LogP contribution in [0.5, 0.6) is 0 Å². The summed E-state index contributed by atoms with van der Waals surface area (Å²) in [7, 11) is 0. The van der Waals surface area contributed by atoms with Gasteiger partial charge in [0.1, 0.15) is 0 Å². The SMILES string of the molecule is CCCCCCC=COC(=O)CCC(=O)O.[NaH]. The minimum absolute atomic E-state index is 0. The Balaban J connectivity index is 0. The van der Waals surface area contributed by atoms with Gasteiger partial charge in [0.05, 0.1) is 19.1 Å². The van der Waals surface area contributed by atoms with Gasteiger partial charge in [-0.15, -0.1) is 0 Å². The van der Waals surface area contributed by atoms with Crippen molar-refractivity contribution in [1.82, 2.24) is 0 Å². The van der Waals surface area contributed by atoms with Gasteiger partial charge in [-0.05, 0) is 18.9 Å². The third kappa shape index (κ3) is 15.7. The Labute approximate surface area is 125 Å². The molecule has 0 bridgehead atoms. The Hall–Kier alpha value is -0.320. The summed E-state index contributed by atoms with van der Waals surface area (Å²) in [5.74, 6) is -1.48. The van der Waals surface area contributed by atoms with Crippen LogP contribution < -0.4 is 0 Å². The van der Waals surface area contributed by atoms with Crippen molar-refractivity contribution in [3.63, 3.8) is 0 Å². The summed E-state index contributed by atoms with van der Waals surface area (Å²) in [4.78, 5) is 21.1. The van der Waals surface area contributed by atoms with Crippen molar-refractivity contribution in [1.29, 1.82) is 0 Å². The molecule has 0 saturated heterocycles. The number of rotatable bonds is 9. The van der Waals surface area contributed by atoms with E-state index in [-0.39, 0.29) is 42.4 Å². The van der Waals surface area contributed by atoms with Crippen LogP contribution in [-0.4, -0.2) is 46.6 Å². The minimum atomic E-state index is -0.986. The van der Waals surface area contributed by atoms with Gasteiger partial charge in [-0.25, -0.2) is 0 Å². The van der Waals surface area contributed by atoms with Crippen LogP contribution in [0.25, 0.3) is 0 Å². The third-order valence-corrected chi connectivity index (χ3v) is 2.06. The molecule has 0 aromatic heterocycles. The summed E-state index contributed by atoms with van der Waals surface area (Å²) in [5.41, 5.74) is 0. The predicted octanol–water partition coefficient (Wildman–Crippen LogP) is 2.23. The quantitative estimate of drug-likeness (QED) is 0.296. The first-order valence-electron chi connectivity index (χ1n) is 5.73. The summed E-state index contributed by atoms with van der Waals surface area (Å²) >= 11 is 0. The fourth-order valence-corrected chi connectivity index (χ4v) is 1.15. The molecular formula is C12H21NaO4. The normalized spacial score (nSPS) is 9.94. The number of carbonyl (C=O) groups is 2. The van der Waals surface area contributed by atoms with Crippen LogP contribution in [-0.2, 0) is 14.3 Å². The zero-order valence-electron chi connectivity index (χ0n) is 9.78. The fourth-order valence-electron chi connectivity index (χ4n) is 1.15. The maximum absolute atomic E-state index is 10.9. The number of carboxylic acid groups (broad SMARTS) is 1. The van der Waals surface area contributed by atoms with Gasteiger partial charge in [0.25, 0.3) is 0 Å². The van der Waals surface area contributed by atoms with Gasteiger partial charge in [-0.1, -0.05) is 26.2 Å². The van der Waals surface area contributed by atoms with Crippen LogP contribution in [0.4, 0.5) is 0 Å². The van der Waals surface area contributed by atoms with Gasteiger partial charge in [0.2, 0.25) is 0 Å². The van der Waals surface area contributed by atoms with Crippen LogP contribution >= 0.6 is 0 Å². The van der Waals surface area contributed by atoms with Gasteiger partial charge in [-0.2, -0.15) is 0 Å². The van der Waals surface area contributed by atoms with Gasteiger partial charge in [0, 0.05) is 0 Å². The molecule has 5 heteroatoms. The van der Waals surface area contributed by atoms with Gasteiger partial charge in [0.15, 0.2) is 0 Å². The van der Waals surface area contributed by atoms with Crippen molar-refractivity contribution in [2.45, 2.75) is 51.9 Å². The standard InChI is InChI=1S/C12H20O4.Na.H/c1-2-3-4-5-6-7-10-16-12(15)9-8-11(13)14;;/h7,10H,2-6,8-9H2,1H3,(H,13,14);;. The van der Waals surface area contributed by atoms with E-state index in [0.29, 0.717) is 0 Å². The zero-order valence-corrected chi connectivity index (χ0v) is 9.78. The van der Waals surface area contributed by atoms with Crippen molar-refractivity contribution >= 4 is 41.5 Å². The van der Waals surface area contributed by atoms with Crippen LogP contribution in [0.2, 0.25) is 0 Å². The maximum atomic E-state index is 10.9. The molecule has 0 unspecified atom stereocenters. The van der Waals surface area contributed by atoms with Crippen molar-refractivity contribution in [2.24, 2.45) is 0 Å². The molecule has 1 N–H and O–H groups in total. The molecule has 0 aromatic carbocycles. The van der Waals surface area contributed by atoms with Crippen LogP contribution in [0.3, 0.4) is 0 Å². The molecule has 0 radical (unpaired) electrons. The molecule has 0 saturated carbocycles. The fraction of sp³-hybridized carbons (Fsp3) is 0.667. The summed E-state index contributed by atoms with van der Waals surface area (Å²) < 4.78 is 4.72. The molecule has 0 aromatic rings. The van der Waals surface area contributed by atoms with Crippen LogP contribution in [0, 0.1) is 0 Å². The van der Waals surface area contributed by atoms with Crippen molar-refractivity contribution in [3.8, 4) is 0 Å². The molecule has 0 rings (SSSR count). The molecular weight excluding hydrogens is 231 g/mol. The number of hydrogen-bond donors (Lipinski definition) is 1. The summed E-state index contributed by atoms with van der Waals surface area (Å²) in [6, 6.07) is 0. The number of esters is 1. The number of carbonyl (C=O) groups excluding carboxylic acids is 1. The third-order valence-electron chi connectivity index (χ3n) is 2.06. The van der Waals surface area contributed by atoms with Crippen molar-refractivity contribution in [3.05, 3.63) is 12.3 Å². The molecule has 94 valence electrons. The summed E-state index contributed by atoms with van der Waals surface area (Å²) in [5, 5.41) is 8.33. The molecule has 0 aliphatic heterocycles. The molecule has 0 atom stereocenters. The van der Waals surface area contributed by atoms with E-state index >= 15 is 0 Å². The zero-order chi connectivity index (χ0) is 12.2. The van der Waals surface area contributed by atoms with Crippen molar-refractivity contribution < 1.29 is 19.4 Å². The molecule has 0 fully saturated rings. The second kappa shape index (κ2) is 13.7. The Kier molecular flexibility index (Phi) is 15.4. The van der Waals surface area contributed by atoms with E-state index in [0.717, 1.165) is 12.8 Å². The van der Waals surface area contributed by atoms with E-state index in [4.69, 9.17) is 9.84 Å². The van der Waals surface area contributed by atoms with E-state index in [1.54, 1.807) is 6.08 Å². The van der Waals surface area contributed by atoms with E-state index in [2.05, 4.69) is 6.92 Å². The Bertz CT molecular complexity index is 239. The number of ether oxygens (including phenoxy) is 1. The van der Waals surface area contributed by atoms with Crippen LogP contribution in [0.1, 0.15) is 51.9 Å². The number of hydrogen-bond acceptors (Lipinski definition) is 3. The van der Waals surface area contributed by atoms with Gasteiger partial charge >= 0.3 is 41.5 Å². The van der Waals surface area contributed by atoms with Crippen molar-refractivity contribution in [2.75, 3.05) is 0 Å². The van der Waals surface area contributed by atoms with E-state index in [9.17, 15) is 9.59 Å². The second-order valence-corrected chi connectivity index (χ2v) is 3.60. The summed E-state index contributed by atoms with van der Waals surface area (Å²) in [6.45, 7) is 2.15. The first-order valence-corrected chi connectivity index (χ1v) is 5.73. The Morgan fingerprint density at radius 3 is 2.47 bits per heavy atom. The number of unbranched alkanes of at least 4 members (excludes halogenated alkanes) is 4. The number of allylic oxidation sites excluding steroid dienone is 1. The molecule has 0 aliphatic carbocycles.